The molecule has 1 fully saturated rings. The number of hydrogen-bond donors (Lipinski definition) is 2. The van der Waals surface area contributed by atoms with E-state index in [4.69, 9.17) is 9.15 Å². The number of rotatable bonds is 9. The van der Waals surface area contributed by atoms with Crippen LogP contribution >= 0.6 is 0 Å². The van der Waals surface area contributed by atoms with E-state index in [-0.39, 0.29) is 24.3 Å². The molecule has 2 N–H and O–H groups in total. The standard InChI is InChI=1S/C28H31N3O5/c1-19-10-3-6-13-21(19)26(28(34)30-20-11-4-5-12-20)31(22-14-7-8-15-23(22)35-2)25(32)18-29-27(33)24-16-9-17-36-24/h3,6-10,13-17,20,26H,4-5,11-12,18H2,1-2H3,(H,29,33)(H,30,34)/t26-/m0/s1. The van der Waals surface area contributed by atoms with Crippen molar-refractivity contribution in [1.29, 1.82) is 0 Å². The van der Waals surface area contributed by atoms with Crippen LogP contribution in [0.3, 0.4) is 0 Å². The molecule has 0 bridgehead atoms. The Labute approximate surface area is 210 Å². The van der Waals surface area contributed by atoms with Crippen LogP contribution in [0.2, 0.25) is 0 Å². The third-order valence-electron chi connectivity index (χ3n) is 6.45. The number of methoxy groups -OCH3 is 1. The minimum atomic E-state index is -0.962. The highest BCUT2D eigenvalue weighted by Crippen LogP contribution is 2.36. The lowest BCUT2D eigenvalue weighted by atomic mass is 9.97. The summed E-state index contributed by atoms with van der Waals surface area (Å²) in [6.45, 7) is 1.57. The number of furan rings is 1. The number of anilines is 1. The number of carbonyl (C=O) groups is 3. The lowest BCUT2D eigenvalue weighted by molar-refractivity contribution is -0.126. The molecule has 0 unspecified atom stereocenters. The van der Waals surface area contributed by atoms with Crippen molar-refractivity contribution in [3.63, 3.8) is 0 Å². The van der Waals surface area contributed by atoms with E-state index in [0.29, 0.717) is 17.0 Å². The maximum Gasteiger partial charge on any atom is 0.287 e. The molecule has 1 saturated carbocycles. The number of nitrogens with zero attached hydrogens (tertiary/aromatic N) is 1. The summed E-state index contributed by atoms with van der Waals surface area (Å²) in [6.07, 6.45) is 5.34. The number of carbonyl (C=O) groups excluding carboxylic acids is 3. The quantitative estimate of drug-likeness (QED) is 0.470. The summed E-state index contributed by atoms with van der Waals surface area (Å²) in [5, 5.41) is 5.77. The number of amides is 3. The van der Waals surface area contributed by atoms with Gasteiger partial charge in [-0.05, 0) is 55.2 Å². The van der Waals surface area contributed by atoms with Crippen LogP contribution in [0.25, 0.3) is 0 Å². The number of hydrogen-bond acceptors (Lipinski definition) is 5. The average molecular weight is 490 g/mol. The molecule has 1 aromatic heterocycles. The lowest BCUT2D eigenvalue weighted by Gasteiger charge is -2.34. The Morgan fingerprint density at radius 2 is 1.75 bits per heavy atom. The van der Waals surface area contributed by atoms with Gasteiger partial charge in [0.25, 0.3) is 5.91 Å². The fourth-order valence-electron chi connectivity index (χ4n) is 4.62. The van der Waals surface area contributed by atoms with E-state index in [0.717, 1.165) is 31.2 Å². The number of aryl methyl sites for hydroxylation is 1. The SMILES string of the molecule is COc1ccccc1N(C(=O)CNC(=O)c1ccco1)[C@H](C(=O)NC1CCCC1)c1ccccc1C. The zero-order chi connectivity index (χ0) is 25.5. The van der Waals surface area contributed by atoms with Crippen LogP contribution in [0.4, 0.5) is 5.69 Å². The van der Waals surface area contributed by atoms with Gasteiger partial charge in [0.05, 0.1) is 25.6 Å². The van der Waals surface area contributed by atoms with Gasteiger partial charge in [0.15, 0.2) is 5.76 Å². The highest BCUT2D eigenvalue weighted by atomic mass is 16.5. The van der Waals surface area contributed by atoms with E-state index in [1.165, 1.54) is 24.3 Å². The Morgan fingerprint density at radius 1 is 1.03 bits per heavy atom. The highest BCUT2D eigenvalue weighted by Gasteiger charge is 2.36. The minimum absolute atomic E-state index is 0.0669. The number of para-hydroxylation sites is 2. The summed E-state index contributed by atoms with van der Waals surface area (Å²) in [6, 6.07) is 16.8. The van der Waals surface area contributed by atoms with E-state index < -0.39 is 17.9 Å². The average Bonchev–Trinajstić information content (AvgIpc) is 3.61. The smallest absolute Gasteiger partial charge is 0.287 e. The Bertz CT molecular complexity index is 1200. The van der Waals surface area contributed by atoms with Crippen molar-refractivity contribution in [2.75, 3.05) is 18.6 Å². The molecule has 1 aliphatic carbocycles. The molecule has 0 saturated heterocycles. The van der Waals surface area contributed by atoms with Crippen molar-refractivity contribution in [2.45, 2.75) is 44.7 Å². The van der Waals surface area contributed by atoms with Crippen LogP contribution in [0, 0.1) is 6.92 Å². The molecule has 0 spiro atoms. The first-order chi connectivity index (χ1) is 17.5. The minimum Gasteiger partial charge on any atom is -0.495 e. The molecule has 0 aliphatic heterocycles. The maximum atomic E-state index is 13.8. The third kappa shape index (κ3) is 5.59. The van der Waals surface area contributed by atoms with Crippen LogP contribution in [-0.2, 0) is 9.59 Å². The third-order valence-corrected chi connectivity index (χ3v) is 6.45. The van der Waals surface area contributed by atoms with Crippen LogP contribution < -0.4 is 20.3 Å². The molecule has 8 heteroatoms. The van der Waals surface area contributed by atoms with Gasteiger partial charge in [-0.25, -0.2) is 0 Å². The van der Waals surface area contributed by atoms with Crippen LogP contribution in [0.1, 0.15) is 53.4 Å². The van der Waals surface area contributed by atoms with Gasteiger partial charge in [-0.1, -0.05) is 49.2 Å². The summed E-state index contributed by atoms with van der Waals surface area (Å²) < 4.78 is 10.7. The van der Waals surface area contributed by atoms with Crippen molar-refractivity contribution in [1.82, 2.24) is 10.6 Å². The number of benzene rings is 2. The molecule has 2 aromatic carbocycles. The second-order valence-corrected chi connectivity index (χ2v) is 8.84. The van der Waals surface area contributed by atoms with Crippen molar-refractivity contribution in [3.8, 4) is 5.75 Å². The van der Waals surface area contributed by atoms with Crippen LogP contribution in [0.5, 0.6) is 5.75 Å². The molecule has 1 heterocycles. The van der Waals surface area contributed by atoms with Gasteiger partial charge in [-0.2, -0.15) is 0 Å². The summed E-state index contributed by atoms with van der Waals surface area (Å²) in [5.74, 6) is -0.713. The van der Waals surface area contributed by atoms with Crippen molar-refractivity contribution >= 4 is 23.4 Å². The number of ether oxygens (including phenoxy) is 1. The zero-order valence-corrected chi connectivity index (χ0v) is 20.5. The normalized spacial score (nSPS) is 14.2. The van der Waals surface area contributed by atoms with Crippen molar-refractivity contribution in [2.24, 2.45) is 0 Å². The molecular formula is C28H31N3O5. The highest BCUT2D eigenvalue weighted by molar-refractivity contribution is 6.05. The predicted molar refractivity (Wildman–Crippen MR) is 136 cm³/mol. The van der Waals surface area contributed by atoms with Gasteiger partial charge in [0.2, 0.25) is 11.8 Å². The predicted octanol–water partition coefficient (Wildman–Crippen LogP) is 4.16. The monoisotopic (exact) mass is 489 g/mol. The molecule has 188 valence electrons. The fraction of sp³-hybridized carbons (Fsp3) is 0.321. The fourth-order valence-corrected chi connectivity index (χ4v) is 4.62. The molecule has 4 rings (SSSR count). The molecule has 1 aliphatic rings. The van der Waals surface area contributed by atoms with E-state index in [9.17, 15) is 14.4 Å². The first-order valence-electron chi connectivity index (χ1n) is 12.1. The van der Waals surface area contributed by atoms with Gasteiger partial charge in [0, 0.05) is 6.04 Å². The molecule has 8 nitrogen and oxygen atoms in total. The number of nitrogens with one attached hydrogen (secondary N) is 2. The summed E-state index contributed by atoms with van der Waals surface area (Å²) in [7, 11) is 1.52. The van der Waals surface area contributed by atoms with Gasteiger partial charge >= 0.3 is 0 Å². The van der Waals surface area contributed by atoms with Crippen molar-refractivity contribution in [3.05, 3.63) is 83.8 Å². The molecule has 3 amide bonds. The Morgan fingerprint density at radius 3 is 2.44 bits per heavy atom. The Hall–Kier alpha value is -4.07. The lowest BCUT2D eigenvalue weighted by Crippen LogP contribution is -2.49. The van der Waals surface area contributed by atoms with Gasteiger partial charge in [0.1, 0.15) is 11.8 Å². The molecule has 36 heavy (non-hydrogen) atoms. The van der Waals surface area contributed by atoms with Gasteiger partial charge in [-0.15, -0.1) is 0 Å². The van der Waals surface area contributed by atoms with E-state index in [1.54, 1.807) is 30.3 Å². The topological polar surface area (TPSA) is 101 Å². The van der Waals surface area contributed by atoms with Gasteiger partial charge < -0.3 is 19.8 Å². The van der Waals surface area contributed by atoms with Gasteiger partial charge in [-0.3, -0.25) is 19.3 Å². The Balaban J connectivity index is 1.73. The van der Waals surface area contributed by atoms with E-state index in [1.807, 2.05) is 31.2 Å². The van der Waals surface area contributed by atoms with E-state index >= 15 is 0 Å². The Kier molecular flexibility index (Phi) is 8.05. The van der Waals surface area contributed by atoms with Crippen LogP contribution in [-0.4, -0.2) is 37.4 Å². The van der Waals surface area contributed by atoms with Crippen LogP contribution in [0.15, 0.2) is 71.3 Å². The summed E-state index contributed by atoms with van der Waals surface area (Å²) in [5.41, 5.74) is 2.01. The second kappa shape index (κ2) is 11.6. The first-order valence-corrected chi connectivity index (χ1v) is 12.1. The first kappa shape index (κ1) is 25.0. The summed E-state index contributed by atoms with van der Waals surface area (Å²) >= 11 is 0. The summed E-state index contributed by atoms with van der Waals surface area (Å²) in [4.78, 5) is 41.5. The largest absolute Gasteiger partial charge is 0.495 e. The van der Waals surface area contributed by atoms with E-state index in [2.05, 4.69) is 10.6 Å². The van der Waals surface area contributed by atoms with Crippen molar-refractivity contribution < 1.29 is 23.5 Å². The maximum absolute atomic E-state index is 13.8. The zero-order valence-electron chi connectivity index (χ0n) is 20.5. The molecular weight excluding hydrogens is 458 g/mol. The molecule has 0 radical (unpaired) electrons. The molecule has 3 aromatic rings. The molecule has 1 atom stereocenters. The second-order valence-electron chi connectivity index (χ2n) is 8.84.